The SMILES string of the molecule is CC(C#N)(CN)/N=N/C(C)(C#N)CN. The summed E-state index contributed by atoms with van der Waals surface area (Å²) >= 11 is 0. The van der Waals surface area contributed by atoms with Crippen LogP contribution < -0.4 is 11.5 Å². The first-order valence-corrected chi connectivity index (χ1v) is 4.12. The van der Waals surface area contributed by atoms with Crippen LogP contribution in [0.2, 0.25) is 0 Å². The van der Waals surface area contributed by atoms with E-state index in [-0.39, 0.29) is 13.1 Å². The Morgan fingerprint density at radius 1 is 1.00 bits per heavy atom. The van der Waals surface area contributed by atoms with E-state index in [1.807, 2.05) is 12.1 Å². The van der Waals surface area contributed by atoms with E-state index in [1.54, 1.807) is 13.8 Å². The van der Waals surface area contributed by atoms with Crippen molar-refractivity contribution in [3.8, 4) is 12.1 Å². The van der Waals surface area contributed by atoms with Crippen molar-refractivity contribution in [1.29, 1.82) is 10.5 Å². The molecule has 76 valence electrons. The molecule has 0 bridgehead atoms. The second-order valence-corrected chi connectivity index (χ2v) is 3.38. The summed E-state index contributed by atoms with van der Waals surface area (Å²) in [4.78, 5) is 0. The van der Waals surface area contributed by atoms with E-state index in [0.29, 0.717) is 0 Å². The number of nitrogens with two attached hydrogens (primary N) is 2. The first kappa shape index (κ1) is 12.5. The highest BCUT2D eigenvalue weighted by Crippen LogP contribution is 2.13. The normalized spacial score (nSPS) is 19.3. The third kappa shape index (κ3) is 3.09. The van der Waals surface area contributed by atoms with E-state index in [0.717, 1.165) is 0 Å². The maximum Gasteiger partial charge on any atom is 0.176 e. The molecule has 0 rings (SSSR count). The van der Waals surface area contributed by atoms with Crippen molar-refractivity contribution in [2.24, 2.45) is 21.7 Å². The predicted octanol–water partition coefficient (Wildman–Crippen LogP) is -0.0794. The molecule has 6 nitrogen and oxygen atoms in total. The van der Waals surface area contributed by atoms with Gasteiger partial charge in [-0.15, -0.1) is 0 Å². The number of nitriles is 2. The van der Waals surface area contributed by atoms with Gasteiger partial charge in [0.2, 0.25) is 0 Å². The van der Waals surface area contributed by atoms with Crippen LogP contribution in [0.25, 0.3) is 0 Å². The van der Waals surface area contributed by atoms with Gasteiger partial charge in [0, 0.05) is 13.1 Å². The van der Waals surface area contributed by atoms with E-state index < -0.39 is 11.1 Å². The maximum absolute atomic E-state index is 8.73. The van der Waals surface area contributed by atoms with Crippen molar-refractivity contribution in [1.82, 2.24) is 0 Å². The smallest absolute Gasteiger partial charge is 0.176 e. The molecule has 14 heavy (non-hydrogen) atoms. The average molecular weight is 194 g/mol. The van der Waals surface area contributed by atoms with Gasteiger partial charge < -0.3 is 11.5 Å². The van der Waals surface area contributed by atoms with Gasteiger partial charge in [0.15, 0.2) is 11.1 Å². The van der Waals surface area contributed by atoms with E-state index in [4.69, 9.17) is 22.0 Å². The summed E-state index contributed by atoms with van der Waals surface area (Å²) in [7, 11) is 0. The van der Waals surface area contributed by atoms with Crippen LogP contribution in [0.3, 0.4) is 0 Å². The third-order valence-corrected chi connectivity index (χ3v) is 1.77. The first-order chi connectivity index (χ1) is 6.45. The van der Waals surface area contributed by atoms with Crippen LogP contribution in [0, 0.1) is 22.7 Å². The summed E-state index contributed by atoms with van der Waals surface area (Å²) in [6, 6.07) is 3.83. The Labute approximate surface area is 83.2 Å². The Morgan fingerprint density at radius 2 is 1.29 bits per heavy atom. The largest absolute Gasteiger partial charge is 0.327 e. The second kappa shape index (κ2) is 4.66. The molecule has 0 aromatic carbocycles. The van der Waals surface area contributed by atoms with Crippen LogP contribution in [0.4, 0.5) is 0 Å². The van der Waals surface area contributed by atoms with Gasteiger partial charge in [0.1, 0.15) is 0 Å². The number of azo groups is 1. The van der Waals surface area contributed by atoms with Crippen molar-refractivity contribution in [3.63, 3.8) is 0 Å². The Bertz CT molecular complexity index is 268. The lowest BCUT2D eigenvalue weighted by atomic mass is 10.1. The average Bonchev–Trinajstić information content (AvgIpc) is 2.25. The summed E-state index contributed by atoms with van der Waals surface area (Å²) in [5.41, 5.74) is 8.53. The minimum absolute atomic E-state index is 0.0546. The molecule has 0 aromatic heterocycles. The molecule has 0 heterocycles. The van der Waals surface area contributed by atoms with Crippen LogP contribution in [0.15, 0.2) is 10.2 Å². The number of nitrogens with zero attached hydrogens (tertiary/aromatic N) is 4. The molecular weight excluding hydrogens is 180 g/mol. The summed E-state index contributed by atoms with van der Waals surface area (Å²) in [5.74, 6) is 0. The lowest BCUT2D eigenvalue weighted by Crippen LogP contribution is -2.34. The fraction of sp³-hybridized carbons (Fsp3) is 0.750. The standard InChI is InChI=1S/C8H14N6/c1-7(3-9,4-10)13-14-8(2,5-11)6-12/h3,5,9,11H2,1-2H3/b14-13+. The lowest BCUT2D eigenvalue weighted by molar-refractivity contribution is 0.501. The van der Waals surface area contributed by atoms with Gasteiger partial charge >= 0.3 is 0 Å². The Kier molecular flexibility index (Phi) is 4.16. The molecule has 0 aromatic rings. The van der Waals surface area contributed by atoms with Crippen molar-refractivity contribution in [2.75, 3.05) is 13.1 Å². The van der Waals surface area contributed by atoms with Crippen LogP contribution in [-0.4, -0.2) is 24.2 Å². The highest BCUT2D eigenvalue weighted by molar-refractivity contribution is 5.08. The van der Waals surface area contributed by atoms with Crippen molar-refractivity contribution in [3.05, 3.63) is 0 Å². The molecule has 0 aliphatic carbocycles. The molecule has 2 atom stereocenters. The van der Waals surface area contributed by atoms with Crippen LogP contribution in [0.5, 0.6) is 0 Å². The molecule has 2 unspecified atom stereocenters. The molecule has 0 aliphatic rings. The van der Waals surface area contributed by atoms with Gasteiger partial charge in [-0.2, -0.15) is 20.8 Å². The topological polar surface area (TPSA) is 124 Å². The quantitative estimate of drug-likeness (QED) is 0.607. The number of hydrogen-bond donors (Lipinski definition) is 2. The first-order valence-electron chi connectivity index (χ1n) is 4.12. The van der Waals surface area contributed by atoms with E-state index in [9.17, 15) is 0 Å². The van der Waals surface area contributed by atoms with Gasteiger partial charge in [0.25, 0.3) is 0 Å². The number of hydrogen-bond acceptors (Lipinski definition) is 6. The zero-order chi connectivity index (χ0) is 11.2. The van der Waals surface area contributed by atoms with Gasteiger partial charge in [-0.25, -0.2) is 0 Å². The van der Waals surface area contributed by atoms with E-state index >= 15 is 0 Å². The van der Waals surface area contributed by atoms with Crippen LogP contribution >= 0.6 is 0 Å². The number of rotatable bonds is 4. The molecule has 4 N–H and O–H groups in total. The zero-order valence-electron chi connectivity index (χ0n) is 8.36. The molecule has 6 heteroatoms. The third-order valence-electron chi connectivity index (χ3n) is 1.77. The molecule has 0 saturated carbocycles. The summed E-state index contributed by atoms with van der Waals surface area (Å²) in [6.45, 7) is 3.20. The molecule has 0 amide bonds. The summed E-state index contributed by atoms with van der Waals surface area (Å²) < 4.78 is 0. The monoisotopic (exact) mass is 194 g/mol. The minimum Gasteiger partial charge on any atom is -0.327 e. The van der Waals surface area contributed by atoms with E-state index in [1.165, 1.54) is 0 Å². The highest BCUT2D eigenvalue weighted by atomic mass is 15.2. The fourth-order valence-electron chi connectivity index (χ4n) is 0.438. The molecule has 0 fully saturated rings. The highest BCUT2D eigenvalue weighted by Gasteiger charge is 2.25. The second-order valence-electron chi connectivity index (χ2n) is 3.38. The Hall–Kier alpha value is -1.50. The molecule has 0 spiro atoms. The van der Waals surface area contributed by atoms with Crippen LogP contribution in [-0.2, 0) is 0 Å². The Morgan fingerprint density at radius 3 is 1.43 bits per heavy atom. The van der Waals surface area contributed by atoms with Gasteiger partial charge in [0.05, 0.1) is 12.1 Å². The molecular formula is C8H14N6. The minimum atomic E-state index is -1.08. The Balaban J connectivity index is 4.76. The van der Waals surface area contributed by atoms with Gasteiger partial charge in [-0.05, 0) is 13.8 Å². The lowest BCUT2D eigenvalue weighted by Gasteiger charge is -2.16. The molecule has 0 aliphatic heterocycles. The van der Waals surface area contributed by atoms with Crippen molar-refractivity contribution in [2.45, 2.75) is 24.9 Å². The van der Waals surface area contributed by atoms with E-state index in [2.05, 4.69) is 10.2 Å². The summed E-state index contributed by atoms with van der Waals surface area (Å²) in [5, 5.41) is 24.9. The summed E-state index contributed by atoms with van der Waals surface area (Å²) in [6.07, 6.45) is 0. The fourth-order valence-corrected chi connectivity index (χ4v) is 0.438. The maximum atomic E-state index is 8.73. The predicted molar refractivity (Wildman–Crippen MR) is 51.0 cm³/mol. The zero-order valence-corrected chi connectivity index (χ0v) is 8.36. The van der Waals surface area contributed by atoms with Gasteiger partial charge in [-0.3, -0.25) is 0 Å². The molecule has 0 radical (unpaired) electrons. The van der Waals surface area contributed by atoms with Crippen molar-refractivity contribution >= 4 is 0 Å². The molecule has 0 saturated heterocycles. The van der Waals surface area contributed by atoms with Crippen molar-refractivity contribution < 1.29 is 0 Å². The van der Waals surface area contributed by atoms with Gasteiger partial charge in [-0.1, -0.05) is 0 Å². The van der Waals surface area contributed by atoms with Crippen LogP contribution in [0.1, 0.15) is 13.8 Å².